The van der Waals surface area contributed by atoms with Gasteiger partial charge < -0.3 is 9.13 Å². The molecule has 0 unspecified atom stereocenters. The summed E-state index contributed by atoms with van der Waals surface area (Å²) in [5.41, 5.74) is 16.3. The van der Waals surface area contributed by atoms with E-state index >= 15 is 0 Å². The van der Waals surface area contributed by atoms with Gasteiger partial charge in [0.05, 0.1) is 22.1 Å². The van der Waals surface area contributed by atoms with Crippen molar-refractivity contribution in [2.75, 3.05) is 0 Å². The molecule has 0 saturated carbocycles. The molecule has 0 radical (unpaired) electrons. The maximum absolute atomic E-state index is 2.46. The number of hydrogen-bond donors (Lipinski definition) is 0. The Morgan fingerprint density at radius 2 is 0.725 bits per heavy atom. The molecule has 0 N–H and O–H groups in total. The lowest BCUT2D eigenvalue weighted by molar-refractivity contribution is 1.01. The first kappa shape index (κ1) is 28.2. The summed E-state index contributed by atoms with van der Waals surface area (Å²) in [7, 11) is 0. The minimum atomic E-state index is 0.140. The first-order valence-electron chi connectivity index (χ1n) is 17.7. The number of fused-ring (bicyclic) bond motifs is 9. The van der Waals surface area contributed by atoms with E-state index in [9.17, 15) is 0 Å². The van der Waals surface area contributed by atoms with Gasteiger partial charge in [-0.1, -0.05) is 140 Å². The van der Waals surface area contributed by atoms with Gasteiger partial charge in [0, 0.05) is 38.8 Å². The van der Waals surface area contributed by atoms with Crippen molar-refractivity contribution in [3.63, 3.8) is 0 Å². The summed E-state index contributed by atoms with van der Waals surface area (Å²) in [6, 6.07) is 69.3. The van der Waals surface area contributed by atoms with E-state index in [1.165, 1.54) is 88.2 Å². The maximum atomic E-state index is 2.46. The lowest BCUT2D eigenvalue weighted by Gasteiger charge is -2.19. The Morgan fingerprint density at radius 1 is 0.314 bits per heavy atom. The summed E-state index contributed by atoms with van der Waals surface area (Å²) < 4.78 is 4.84. The lowest BCUT2D eigenvalue weighted by Crippen LogP contribution is -2.03. The van der Waals surface area contributed by atoms with Crippen molar-refractivity contribution in [2.24, 2.45) is 0 Å². The van der Waals surface area contributed by atoms with Gasteiger partial charge in [0.15, 0.2) is 0 Å². The number of benzene rings is 8. The van der Waals surface area contributed by atoms with Gasteiger partial charge in [-0.25, -0.2) is 0 Å². The molecule has 0 bridgehead atoms. The molecule has 51 heavy (non-hydrogen) atoms. The van der Waals surface area contributed by atoms with Crippen LogP contribution in [-0.4, -0.2) is 9.13 Å². The molecule has 8 aromatic carbocycles. The van der Waals surface area contributed by atoms with Crippen LogP contribution in [-0.2, 0) is 0 Å². The summed E-state index contributed by atoms with van der Waals surface area (Å²) in [6.07, 6.45) is 0. The van der Waals surface area contributed by atoms with E-state index in [0.717, 1.165) is 5.69 Å². The van der Waals surface area contributed by atoms with Gasteiger partial charge in [-0.15, -0.1) is 0 Å². The largest absolute Gasteiger partial charge is 0.309 e. The van der Waals surface area contributed by atoms with Crippen LogP contribution in [0.15, 0.2) is 188 Å². The first-order valence-corrected chi connectivity index (χ1v) is 17.7. The maximum Gasteiger partial charge on any atom is 0.0541 e. The molecule has 0 saturated heterocycles. The normalized spacial score (nSPS) is 12.6. The quantitative estimate of drug-likeness (QED) is 0.180. The number of para-hydroxylation sites is 4. The highest BCUT2D eigenvalue weighted by atomic mass is 15.0. The zero-order valence-corrected chi connectivity index (χ0v) is 27.9. The van der Waals surface area contributed by atoms with Gasteiger partial charge >= 0.3 is 0 Å². The Hall–Kier alpha value is -6.64. The van der Waals surface area contributed by atoms with Crippen molar-refractivity contribution >= 4 is 43.6 Å². The van der Waals surface area contributed by atoms with E-state index in [0.29, 0.717) is 0 Å². The predicted molar refractivity (Wildman–Crippen MR) is 213 cm³/mol. The average Bonchev–Trinajstić information content (AvgIpc) is 3.84. The van der Waals surface area contributed by atoms with Gasteiger partial charge in [0.25, 0.3) is 0 Å². The third-order valence-electron chi connectivity index (χ3n) is 11.0. The monoisotopic (exact) mass is 648 g/mol. The Balaban J connectivity index is 1.14. The molecular formula is C49H32N2. The molecule has 2 aromatic heterocycles. The molecule has 10 aromatic rings. The zero-order chi connectivity index (χ0) is 33.5. The molecule has 11 rings (SSSR count). The number of aromatic nitrogens is 2. The second-order valence-corrected chi connectivity index (χ2v) is 13.7. The van der Waals surface area contributed by atoms with Crippen molar-refractivity contribution in [1.82, 2.24) is 9.13 Å². The number of rotatable bonds is 4. The fraction of sp³-hybridized carbons (Fsp3) is 0.0204. The van der Waals surface area contributed by atoms with Crippen LogP contribution in [0.5, 0.6) is 0 Å². The Bertz CT molecular complexity index is 2820. The molecule has 2 heterocycles. The molecule has 0 fully saturated rings. The topological polar surface area (TPSA) is 9.86 Å². The van der Waals surface area contributed by atoms with Gasteiger partial charge in [-0.2, -0.15) is 0 Å². The second-order valence-electron chi connectivity index (χ2n) is 13.7. The fourth-order valence-corrected chi connectivity index (χ4v) is 8.82. The van der Waals surface area contributed by atoms with E-state index in [2.05, 4.69) is 197 Å². The summed E-state index contributed by atoms with van der Waals surface area (Å²) in [4.78, 5) is 0. The molecule has 0 aliphatic heterocycles. The van der Waals surface area contributed by atoms with E-state index in [1.54, 1.807) is 0 Å². The summed E-state index contributed by atoms with van der Waals surface area (Å²) >= 11 is 0. The van der Waals surface area contributed by atoms with Crippen LogP contribution in [0.3, 0.4) is 0 Å². The van der Waals surface area contributed by atoms with Gasteiger partial charge in [0.1, 0.15) is 0 Å². The predicted octanol–water partition coefficient (Wildman–Crippen LogP) is 12.7. The molecule has 0 amide bonds. The molecule has 2 nitrogen and oxygen atoms in total. The minimum absolute atomic E-state index is 0.140. The summed E-state index contributed by atoms with van der Waals surface area (Å²) in [6.45, 7) is 0. The van der Waals surface area contributed by atoms with Crippen LogP contribution in [0.2, 0.25) is 0 Å². The average molecular weight is 649 g/mol. The van der Waals surface area contributed by atoms with Crippen LogP contribution in [0.25, 0.3) is 77.2 Å². The molecule has 1 aliphatic rings. The number of hydrogen-bond acceptors (Lipinski definition) is 0. The summed E-state index contributed by atoms with van der Waals surface area (Å²) in [5, 5.41) is 5.09. The Kier molecular flexibility index (Phi) is 6.05. The van der Waals surface area contributed by atoms with Crippen molar-refractivity contribution in [1.29, 1.82) is 0 Å². The van der Waals surface area contributed by atoms with Gasteiger partial charge in [0.2, 0.25) is 0 Å². The smallest absolute Gasteiger partial charge is 0.0541 e. The lowest BCUT2D eigenvalue weighted by atomic mass is 9.87. The minimum Gasteiger partial charge on any atom is -0.309 e. The van der Waals surface area contributed by atoms with E-state index in [-0.39, 0.29) is 5.92 Å². The molecule has 0 spiro atoms. The Morgan fingerprint density at radius 3 is 1.22 bits per heavy atom. The van der Waals surface area contributed by atoms with Gasteiger partial charge in [-0.05, 0) is 87.5 Å². The van der Waals surface area contributed by atoms with Crippen molar-refractivity contribution < 1.29 is 0 Å². The van der Waals surface area contributed by atoms with Crippen molar-refractivity contribution in [3.05, 3.63) is 205 Å². The van der Waals surface area contributed by atoms with Crippen LogP contribution < -0.4 is 0 Å². The SMILES string of the molecule is c1ccc2c(c1)-c1ccccc1C2c1cc(-c2ccc(-n3c4ccccc4c4ccccc43)cc2)cc(-n2c3ccccc3c3ccccc32)c1. The highest BCUT2D eigenvalue weighted by molar-refractivity contribution is 6.10. The first-order chi connectivity index (χ1) is 25.3. The zero-order valence-electron chi connectivity index (χ0n) is 27.9. The third-order valence-corrected chi connectivity index (χ3v) is 11.0. The standard InChI is InChI=1S/C49H32N2/c1-3-19-43-37(13-1)38-14-2-4-20-44(38)49(43)34-29-33(30-36(31-34)51-47-23-11-7-17-41(47)42-18-8-12-24-48(42)51)32-25-27-35(28-26-32)50-45-21-9-5-15-39(45)40-16-6-10-22-46(40)50/h1-31,49H. The van der Waals surface area contributed by atoms with Gasteiger partial charge in [-0.3, -0.25) is 0 Å². The van der Waals surface area contributed by atoms with E-state index < -0.39 is 0 Å². The molecule has 0 atom stereocenters. The van der Waals surface area contributed by atoms with Crippen LogP contribution >= 0.6 is 0 Å². The van der Waals surface area contributed by atoms with E-state index in [4.69, 9.17) is 0 Å². The molecule has 2 heteroatoms. The molecular weight excluding hydrogens is 617 g/mol. The van der Waals surface area contributed by atoms with Crippen molar-refractivity contribution in [3.8, 4) is 33.6 Å². The third kappa shape index (κ3) is 4.17. The fourth-order valence-electron chi connectivity index (χ4n) is 8.82. The molecule has 238 valence electrons. The van der Waals surface area contributed by atoms with Crippen LogP contribution in [0, 0.1) is 0 Å². The van der Waals surface area contributed by atoms with Crippen molar-refractivity contribution in [2.45, 2.75) is 5.92 Å². The van der Waals surface area contributed by atoms with E-state index in [1.807, 2.05) is 0 Å². The summed E-state index contributed by atoms with van der Waals surface area (Å²) in [5.74, 6) is 0.140. The second kappa shape index (κ2) is 10.9. The Labute approximate surface area is 296 Å². The number of nitrogens with zero attached hydrogens (tertiary/aromatic N) is 2. The van der Waals surface area contributed by atoms with Crippen LogP contribution in [0.1, 0.15) is 22.6 Å². The highest BCUT2D eigenvalue weighted by Crippen LogP contribution is 2.49. The van der Waals surface area contributed by atoms with Crippen LogP contribution in [0.4, 0.5) is 0 Å². The molecule has 1 aliphatic carbocycles. The highest BCUT2D eigenvalue weighted by Gasteiger charge is 2.30.